The fourth-order valence-corrected chi connectivity index (χ4v) is 3.43. The number of rotatable bonds is 2. The van der Waals surface area contributed by atoms with Crippen molar-refractivity contribution in [1.29, 1.82) is 0 Å². The molecular weight excluding hydrogens is 424 g/mol. The SMILES string of the molecule is C=Cc1cc(-n2nc3ccc(Cl)cc3n2)c(O)c(C(C)(C)C)c1.c1ccc2[nH]nnc2c1. The molecule has 2 N–H and O–H groups in total. The summed E-state index contributed by atoms with van der Waals surface area (Å²) in [4.78, 5) is 1.44. The largest absolute Gasteiger partial charge is 0.505 e. The number of phenolic OH excluding ortho intramolecular Hbond substituents is 1. The van der Waals surface area contributed by atoms with Crippen LogP contribution in [0.2, 0.25) is 5.02 Å². The molecule has 0 aliphatic rings. The molecule has 0 saturated carbocycles. The molecule has 0 saturated heterocycles. The number of fused-ring (bicyclic) bond motifs is 2. The van der Waals surface area contributed by atoms with Gasteiger partial charge in [-0.1, -0.05) is 62.4 Å². The standard InChI is InChI=1S/C18H18ClN3O.C6H5N3/c1-5-11-8-13(18(2,3)4)17(23)16(9-11)22-20-14-7-6-12(19)10-15(14)21-22;1-2-4-6-5(3-1)7-9-8-6/h5-10,23H,1H2,2-4H3;1-4H,(H,7,8,9). The van der Waals surface area contributed by atoms with Crippen molar-refractivity contribution in [2.45, 2.75) is 26.2 Å². The summed E-state index contributed by atoms with van der Waals surface area (Å²) >= 11 is 6.00. The molecule has 5 rings (SSSR count). The second kappa shape index (κ2) is 8.43. The molecule has 0 atom stereocenters. The van der Waals surface area contributed by atoms with Crippen molar-refractivity contribution in [3.63, 3.8) is 0 Å². The van der Waals surface area contributed by atoms with Gasteiger partial charge in [0.25, 0.3) is 0 Å². The molecule has 7 nitrogen and oxygen atoms in total. The fraction of sp³-hybridized carbons (Fsp3) is 0.167. The van der Waals surface area contributed by atoms with Gasteiger partial charge in [-0.05, 0) is 53.4 Å². The third-order valence-electron chi connectivity index (χ3n) is 4.95. The Hall–Kier alpha value is -3.71. The molecule has 0 bridgehead atoms. The second-order valence-corrected chi connectivity index (χ2v) is 8.78. The van der Waals surface area contributed by atoms with Crippen LogP contribution in [0.25, 0.3) is 33.8 Å². The third-order valence-corrected chi connectivity index (χ3v) is 5.18. The molecule has 2 aromatic heterocycles. The number of halogens is 1. The molecule has 8 heteroatoms. The maximum atomic E-state index is 10.7. The normalized spacial score (nSPS) is 11.4. The van der Waals surface area contributed by atoms with E-state index in [0.717, 1.165) is 27.7 Å². The number of hydrogen-bond acceptors (Lipinski definition) is 5. The van der Waals surface area contributed by atoms with Crippen molar-refractivity contribution < 1.29 is 5.11 Å². The Kier molecular flexibility index (Phi) is 5.67. The molecular formula is C24H23ClN6O. The highest BCUT2D eigenvalue weighted by molar-refractivity contribution is 6.31. The van der Waals surface area contributed by atoms with E-state index in [1.165, 1.54) is 4.80 Å². The first-order valence-electron chi connectivity index (χ1n) is 10.0. The lowest BCUT2D eigenvalue weighted by atomic mass is 9.85. The lowest BCUT2D eigenvalue weighted by Gasteiger charge is -2.22. The van der Waals surface area contributed by atoms with E-state index < -0.39 is 0 Å². The van der Waals surface area contributed by atoms with Crippen LogP contribution in [0.4, 0.5) is 0 Å². The predicted octanol–water partition coefficient (Wildman–Crippen LogP) is 5.68. The molecule has 0 radical (unpaired) electrons. The van der Waals surface area contributed by atoms with Crippen molar-refractivity contribution in [2.24, 2.45) is 0 Å². The molecule has 0 spiro atoms. The van der Waals surface area contributed by atoms with Crippen molar-refractivity contribution in [3.8, 4) is 11.4 Å². The summed E-state index contributed by atoms with van der Waals surface area (Å²) in [6.07, 6.45) is 1.75. The maximum Gasteiger partial charge on any atom is 0.146 e. The molecule has 0 aliphatic heterocycles. The van der Waals surface area contributed by atoms with E-state index in [4.69, 9.17) is 11.6 Å². The minimum atomic E-state index is -0.215. The molecule has 0 fully saturated rings. The highest BCUT2D eigenvalue weighted by Crippen LogP contribution is 2.36. The topological polar surface area (TPSA) is 92.5 Å². The number of aromatic nitrogens is 6. The highest BCUT2D eigenvalue weighted by Gasteiger charge is 2.22. The van der Waals surface area contributed by atoms with Gasteiger partial charge in [0, 0.05) is 10.6 Å². The first kappa shape index (κ1) is 21.5. The van der Waals surface area contributed by atoms with Gasteiger partial charge < -0.3 is 5.11 Å². The number of benzene rings is 3. The third kappa shape index (κ3) is 4.33. The van der Waals surface area contributed by atoms with Crippen LogP contribution in [0.1, 0.15) is 31.9 Å². The Morgan fingerprint density at radius 3 is 2.47 bits per heavy atom. The first-order chi connectivity index (χ1) is 15.3. The van der Waals surface area contributed by atoms with E-state index in [1.807, 2.05) is 57.2 Å². The maximum absolute atomic E-state index is 10.7. The predicted molar refractivity (Wildman–Crippen MR) is 128 cm³/mol. The summed E-state index contributed by atoms with van der Waals surface area (Å²) in [5.74, 6) is 0.175. The molecule has 0 unspecified atom stereocenters. The number of para-hydroxylation sites is 1. The summed E-state index contributed by atoms with van der Waals surface area (Å²) < 4.78 is 0. The smallest absolute Gasteiger partial charge is 0.146 e. The van der Waals surface area contributed by atoms with Crippen LogP contribution in [0.15, 0.2) is 61.2 Å². The fourth-order valence-electron chi connectivity index (χ4n) is 3.27. The van der Waals surface area contributed by atoms with Crippen molar-refractivity contribution in [1.82, 2.24) is 30.4 Å². The van der Waals surface area contributed by atoms with Crippen LogP contribution in [0.5, 0.6) is 5.75 Å². The van der Waals surface area contributed by atoms with Crippen LogP contribution < -0.4 is 0 Å². The Morgan fingerprint density at radius 2 is 1.75 bits per heavy atom. The van der Waals surface area contributed by atoms with Gasteiger partial charge in [-0.25, -0.2) is 0 Å². The van der Waals surface area contributed by atoms with E-state index >= 15 is 0 Å². The summed E-state index contributed by atoms with van der Waals surface area (Å²) in [6.45, 7) is 9.97. The molecule has 5 aromatic rings. The molecule has 0 amide bonds. The molecule has 2 heterocycles. The number of H-pyrrole nitrogens is 1. The molecule has 162 valence electrons. The number of nitrogens with zero attached hydrogens (tertiary/aromatic N) is 5. The van der Waals surface area contributed by atoms with Gasteiger partial charge in [0.1, 0.15) is 28.0 Å². The van der Waals surface area contributed by atoms with Gasteiger partial charge in [-0.3, -0.25) is 5.10 Å². The van der Waals surface area contributed by atoms with Crippen LogP contribution in [0, 0.1) is 0 Å². The lowest BCUT2D eigenvalue weighted by molar-refractivity contribution is 0.440. The number of phenols is 1. The Labute approximate surface area is 190 Å². The summed E-state index contributed by atoms with van der Waals surface area (Å²) in [7, 11) is 0. The number of aromatic hydroxyl groups is 1. The number of nitrogens with one attached hydrogen (secondary N) is 1. The first-order valence-corrected chi connectivity index (χ1v) is 10.4. The lowest BCUT2D eigenvalue weighted by Crippen LogP contribution is -2.13. The van der Waals surface area contributed by atoms with Gasteiger partial charge >= 0.3 is 0 Å². The van der Waals surface area contributed by atoms with Crippen LogP contribution >= 0.6 is 11.6 Å². The second-order valence-electron chi connectivity index (χ2n) is 8.34. The van der Waals surface area contributed by atoms with Gasteiger partial charge in [-0.2, -0.15) is 0 Å². The van der Waals surface area contributed by atoms with Crippen LogP contribution in [0.3, 0.4) is 0 Å². The minimum absolute atomic E-state index is 0.175. The van der Waals surface area contributed by atoms with E-state index in [9.17, 15) is 5.11 Å². The Bertz CT molecular complexity index is 1380. The Balaban J connectivity index is 0.000000225. The molecule has 32 heavy (non-hydrogen) atoms. The van der Waals surface area contributed by atoms with Crippen molar-refractivity contribution >= 4 is 39.7 Å². The zero-order valence-electron chi connectivity index (χ0n) is 18.0. The quantitative estimate of drug-likeness (QED) is 0.364. The van der Waals surface area contributed by atoms with E-state index in [0.29, 0.717) is 16.2 Å². The Morgan fingerprint density at radius 1 is 1.00 bits per heavy atom. The van der Waals surface area contributed by atoms with Crippen LogP contribution in [-0.2, 0) is 5.41 Å². The zero-order chi connectivity index (χ0) is 22.9. The zero-order valence-corrected chi connectivity index (χ0v) is 18.8. The highest BCUT2D eigenvalue weighted by atomic mass is 35.5. The van der Waals surface area contributed by atoms with Crippen molar-refractivity contribution in [3.05, 3.63) is 77.3 Å². The van der Waals surface area contributed by atoms with Gasteiger partial charge in [0.2, 0.25) is 0 Å². The average Bonchev–Trinajstić information content (AvgIpc) is 3.40. The van der Waals surface area contributed by atoms with E-state index in [2.05, 4.69) is 32.2 Å². The van der Waals surface area contributed by atoms with Crippen molar-refractivity contribution in [2.75, 3.05) is 0 Å². The number of aromatic amines is 1. The average molecular weight is 447 g/mol. The van der Waals surface area contributed by atoms with E-state index in [1.54, 1.807) is 24.3 Å². The number of hydrogen-bond donors (Lipinski definition) is 2. The summed E-state index contributed by atoms with van der Waals surface area (Å²) in [5.41, 5.74) is 5.34. The van der Waals surface area contributed by atoms with Gasteiger partial charge in [0.05, 0.1) is 5.52 Å². The van der Waals surface area contributed by atoms with Gasteiger partial charge in [-0.15, -0.1) is 20.1 Å². The van der Waals surface area contributed by atoms with E-state index in [-0.39, 0.29) is 11.2 Å². The summed E-state index contributed by atoms with van der Waals surface area (Å²) in [5, 5.41) is 30.4. The monoisotopic (exact) mass is 446 g/mol. The van der Waals surface area contributed by atoms with Crippen LogP contribution in [-0.4, -0.2) is 35.5 Å². The minimum Gasteiger partial charge on any atom is -0.505 e. The molecule has 3 aromatic carbocycles. The summed E-state index contributed by atoms with van der Waals surface area (Å²) in [6, 6.07) is 16.8. The molecule has 0 aliphatic carbocycles. The van der Waals surface area contributed by atoms with Gasteiger partial charge in [0.15, 0.2) is 0 Å².